The lowest BCUT2D eigenvalue weighted by molar-refractivity contribution is -0.151. The van der Waals surface area contributed by atoms with Crippen LogP contribution in [0.3, 0.4) is 0 Å². The minimum absolute atomic E-state index is 0.154. The van der Waals surface area contributed by atoms with Crippen molar-refractivity contribution in [2.24, 2.45) is 5.73 Å². The topological polar surface area (TPSA) is 194 Å². The maximum absolute atomic E-state index is 12.8. The van der Waals surface area contributed by atoms with Gasteiger partial charge in [0.2, 0.25) is 11.1 Å². The zero-order valence-electron chi connectivity index (χ0n) is 18.3. The Morgan fingerprint density at radius 1 is 1.31 bits per heavy atom. The number of benzene rings is 1. The van der Waals surface area contributed by atoms with Crippen molar-refractivity contribution in [2.75, 3.05) is 11.5 Å². The SMILES string of the molecule is CC(C(N)=O)n1nnnc1SCC1=C(C(=O)O)N2C(=O)C(NC(=O)[C@H](O)c3ccccc3)[C@H]2SC1. The number of aliphatic hydroxyl groups excluding tert-OH is 1. The summed E-state index contributed by atoms with van der Waals surface area (Å²) in [6, 6.07) is 6.52. The molecule has 4 rings (SSSR count). The Bertz CT molecular complexity index is 1200. The normalized spacial score (nSPS) is 21.1. The van der Waals surface area contributed by atoms with Crippen LogP contribution in [0.1, 0.15) is 24.6 Å². The molecule has 4 atom stereocenters. The summed E-state index contributed by atoms with van der Waals surface area (Å²) < 4.78 is 1.24. The molecule has 1 fully saturated rings. The average Bonchev–Trinajstić information content (AvgIpc) is 3.33. The minimum Gasteiger partial charge on any atom is -0.477 e. The number of hydrogen-bond acceptors (Lipinski definition) is 10. The molecule has 0 bridgehead atoms. The highest BCUT2D eigenvalue weighted by Gasteiger charge is 2.54. The highest BCUT2D eigenvalue weighted by Crippen LogP contribution is 2.41. The van der Waals surface area contributed by atoms with Crippen molar-refractivity contribution in [1.82, 2.24) is 30.4 Å². The summed E-state index contributed by atoms with van der Waals surface area (Å²) in [5, 5.41) is 33.4. The van der Waals surface area contributed by atoms with Crippen molar-refractivity contribution < 1.29 is 29.4 Å². The van der Waals surface area contributed by atoms with E-state index in [0.717, 1.165) is 16.7 Å². The van der Waals surface area contributed by atoms with E-state index < -0.39 is 47.3 Å². The van der Waals surface area contributed by atoms with Gasteiger partial charge in [0, 0.05) is 11.5 Å². The number of nitrogens with two attached hydrogens (primary N) is 1. The lowest BCUT2D eigenvalue weighted by Crippen LogP contribution is -2.70. The van der Waals surface area contributed by atoms with Gasteiger partial charge < -0.3 is 21.3 Å². The quantitative estimate of drug-likeness (QED) is 0.241. The molecule has 1 aromatic carbocycles. The molecule has 1 aromatic heterocycles. The largest absolute Gasteiger partial charge is 0.477 e. The van der Waals surface area contributed by atoms with Gasteiger partial charge in [-0.3, -0.25) is 19.3 Å². The molecule has 5 N–H and O–H groups in total. The van der Waals surface area contributed by atoms with Crippen LogP contribution in [-0.4, -0.2) is 81.9 Å². The number of amides is 3. The number of β-lactam (4-membered cyclic amide) rings is 1. The fourth-order valence-corrected chi connectivity index (χ4v) is 6.05. The first kappa shape index (κ1) is 24.7. The Morgan fingerprint density at radius 2 is 2.03 bits per heavy atom. The van der Waals surface area contributed by atoms with E-state index in [1.807, 2.05) is 0 Å². The van der Waals surface area contributed by atoms with E-state index in [4.69, 9.17) is 5.73 Å². The van der Waals surface area contributed by atoms with Crippen molar-refractivity contribution in [3.8, 4) is 0 Å². The molecule has 2 aromatic rings. The number of nitrogens with one attached hydrogen (secondary N) is 1. The van der Waals surface area contributed by atoms with E-state index in [0.29, 0.717) is 11.1 Å². The number of aliphatic carboxylic acids is 1. The third kappa shape index (κ3) is 4.74. The highest BCUT2D eigenvalue weighted by molar-refractivity contribution is 8.01. The molecule has 13 nitrogen and oxygen atoms in total. The van der Waals surface area contributed by atoms with E-state index in [-0.39, 0.29) is 22.4 Å². The smallest absolute Gasteiger partial charge is 0.352 e. The Morgan fingerprint density at radius 3 is 2.69 bits per heavy atom. The third-order valence-corrected chi connectivity index (χ3v) is 7.89. The maximum Gasteiger partial charge on any atom is 0.352 e. The summed E-state index contributed by atoms with van der Waals surface area (Å²) in [5.74, 6) is -2.80. The molecule has 35 heavy (non-hydrogen) atoms. The van der Waals surface area contributed by atoms with Crippen LogP contribution in [0.2, 0.25) is 0 Å². The number of carboxylic acid groups (broad SMARTS) is 1. The summed E-state index contributed by atoms with van der Waals surface area (Å²) in [4.78, 5) is 50.0. The minimum atomic E-state index is -1.46. The number of aromatic nitrogens is 4. The lowest BCUT2D eigenvalue weighted by Gasteiger charge is -2.49. The molecular weight excluding hydrogens is 498 g/mol. The number of tetrazole rings is 1. The molecule has 3 heterocycles. The van der Waals surface area contributed by atoms with Crippen molar-refractivity contribution >= 4 is 47.2 Å². The third-order valence-electron chi connectivity index (χ3n) is 5.53. The number of thioether (sulfide) groups is 2. The molecule has 0 spiro atoms. The Hall–Kier alpha value is -3.43. The van der Waals surface area contributed by atoms with Gasteiger partial charge in [0.1, 0.15) is 23.2 Å². The summed E-state index contributed by atoms with van der Waals surface area (Å²) in [5.41, 5.74) is 5.99. The highest BCUT2D eigenvalue weighted by atomic mass is 32.2. The van der Waals surface area contributed by atoms with Crippen LogP contribution >= 0.6 is 23.5 Å². The van der Waals surface area contributed by atoms with Gasteiger partial charge in [0.25, 0.3) is 11.8 Å². The van der Waals surface area contributed by atoms with Gasteiger partial charge >= 0.3 is 5.97 Å². The first-order valence-electron chi connectivity index (χ1n) is 10.3. The molecule has 0 saturated carbocycles. The molecule has 2 unspecified atom stereocenters. The summed E-state index contributed by atoms with van der Waals surface area (Å²) in [7, 11) is 0. The van der Waals surface area contributed by atoms with Crippen molar-refractivity contribution in [3.05, 3.63) is 47.2 Å². The van der Waals surface area contributed by atoms with Gasteiger partial charge in [-0.2, -0.15) is 0 Å². The molecule has 1 saturated heterocycles. The zero-order chi connectivity index (χ0) is 25.3. The second kappa shape index (κ2) is 10.1. The standard InChI is InChI=1S/C20H21N7O6S2/c1-9(15(21)29)27-20(23-24-25-27)35-8-11-7-34-18-12(17(31)26(18)13(11)19(32)33)22-16(30)14(28)10-5-3-2-4-6-10/h2-6,9,12,14,18,28H,7-8H2,1H3,(H2,21,29)(H,22,30)(H,32,33)/t9?,12?,14-,18-/m1/s1. The van der Waals surface area contributed by atoms with Crippen LogP contribution in [0.5, 0.6) is 0 Å². The van der Waals surface area contributed by atoms with Crippen molar-refractivity contribution in [2.45, 2.75) is 35.6 Å². The number of carboxylic acids is 1. The summed E-state index contributed by atoms with van der Waals surface area (Å²) in [6.45, 7) is 1.54. The Balaban J connectivity index is 1.46. The Kier molecular flexibility index (Phi) is 7.09. The molecule has 0 radical (unpaired) electrons. The van der Waals surface area contributed by atoms with Gasteiger partial charge in [0.05, 0.1) is 0 Å². The fraction of sp³-hybridized carbons (Fsp3) is 0.350. The van der Waals surface area contributed by atoms with E-state index in [1.54, 1.807) is 30.3 Å². The van der Waals surface area contributed by atoms with Gasteiger partial charge in [-0.1, -0.05) is 42.1 Å². The molecular formula is C20H21N7O6S2. The molecule has 0 aliphatic carbocycles. The molecule has 184 valence electrons. The summed E-state index contributed by atoms with van der Waals surface area (Å²) in [6.07, 6.45) is -1.46. The number of fused-ring (bicyclic) bond motifs is 1. The number of hydrogen-bond donors (Lipinski definition) is 4. The van der Waals surface area contributed by atoms with Crippen LogP contribution in [0.25, 0.3) is 0 Å². The monoisotopic (exact) mass is 519 g/mol. The number of aliphatic hydroxyl groups is 1. The number of nitrogens with zero attached hydrogens (tertiary/aromatic N) is 5. The first-order valence-corrected chi connectivity index (χ1v) is 12.4. The van der Waals surface area contributed by atoms with Crippen LogP contribution in [0.15, 0.2) is 46.8 Å². The van der Waals surface area contributed by atoms with Gasteiger partial charge in [-0.25, -0.2) is 9.48 Å². The predicted molar refractivity (Wildman–Crippen MR) is 124 cm³/mol. The molecule has 15 heteroatoms. The van der Waals surface area contributed by atoms with E-state index >= 15 is 0 Å². The number of carbonyl (C=O) groups is 4. The number of primary amides is 1. The zero-order valence-corrected chi connectivity index (χ0v) is 19.9. The van der Waals surface area contributed by atoms with E-state index in [9.17, 15) is 29.4 Å². The van der Waals surface area contributed by atoms with Crippen molar-refractivity contribution in [1.29, 1.82) is 0 Å². The summed E-state index contributed by atoms with van der Waals surface area (Å²) >= 11 is 2.41. The van der Waals surface area contributed by atoms with Crippen LogP contribution in [0, 0.1) is 0 Å². The molecule has 2 aliphatic heterocycles. The van der Waals surface area contributed by atoms with Crippen LogP contribution < -0.4 is 11.1 Å². The van der Waals surface area contributed by atoms with E-state index in [2.05, 4.69) is 20.8 Å². The van der Waals surface area contributed by atoms with Gasteiger partial charge in [-0.05, 0) is 28.5 Å². The lowest BCUT2D eigenvalue weighted by atomic mass is 10.0. The van der Waals surface area contributed by atoms with Gasteiger partial charge in [-0.15, -0.1) is 16.9 Å². The number of carbonyl (C=O) groups excluding carboxylic acids is 3. The molecule has 2 aliphatic rings. The average molecular weight is 520 g/mol. The van der Waals surface area contributed by atoms with Gasteiger partial charge in [0.15, 0.2) is 6.10 Å². The first-order chi connectivity index (χ1) is 16.7. The molecule has 3 amide bonds. The fourth-order valence-electron chi connectivity index (χ4n) is 3.61. The van der Waals surface area contributed by atoms with E-state index in [1.165, 1.54) is 23.4 Å². The van der Waals surface area contributed by atoms with Crippen LogP contribution in [-0.2, 0) is 19.2 Å². The second-order valence-corrected chi connectivity index (χ2v) is 9.79. The Labute approximate surface area is 207 Å². The van der Waals surface area contributed by atoms with Crippen molar-refractivity contribution in [3.63, 3.8) is 0 Å². The maximum atomic E-state index is 12.8. The van der Waals surface area contributed by atoms with Crippen LogP contribution in [0.4, 0.5) is 0 Å². The predicted octanol–water partition coefficient (Wildman–Crippen LogP) is -0.716. The second-order valence-electron chi connectivity index (χ2n) is 7.74. The number of rotatable bonds is 9.